The van der Waals surface area contributed by atoms with Gasteiger partial charge in [0.2, 0.25) is 0 Å². The van der Waals surface area contributed by atoms with Crippen LogP contribution in [0.1, 0.15) is 34.1 Å². The zero-order valence-electron chi connectivity index (χ0n) is 7.39. The molecule has 3 unspecified atom stereocenters. The highest BCUT2D eigenvalue weighted by molar-refractivity contribution is 4.97. The molecule has 0 aromatic heterocycles. The third kappa shape index (κ3) is 1.20. The Balaban J connectivity index is 2.52. The Morgan fingerprint density at radius 1 is 1.50 bits per heavy atom. The second-order valence-electron chi connectivity index (χ2n) is 4.20. The molecule has 0 spiro atoms. The number of hydrogen-bond donors (Lipinski definition) is 1. The zero-order valence-corrected chi connectivity index (χ0v) is 7.39. The summed E-state index contributed by atoms with van der Waals surface area (Å²) in [5.41, 5.74) is -0.417. The van der Waals surface area contributed by atoms with Gasteiger partial charge in [-0.3, -0.25) is 0 Å². The van der Waals surface area contributed by atoms with Crippen molar-refractivity contribution in [2.75, 3.05) is 0 Å². The van der Waals surface area contributed by atoms with E-state index in [1.165, 1.54) is 6.42 Å². The molecule has 1 aliphatic rings. The van der Waals surface area contributed by atoms with E-state index < -0.39 is 5.60 Å². The van der Waals surface area contributed by atoms with Crippen LogP contribution in [0.5, 0.6) is 0 Å². The Labute approximate surface area is 63.4 Å². The van der Waals surface area contributed by atoms with Gasteiger partial charge in [0.25, 0.3) is 0 Å². The Hall–Kier alpha value is -0.0400. The first-order valence-electron chi connectivity index (χ1n) is 4.18. The molecule has 0 amide bonds. The highest BCUT2D eigenvalue weighted by Gasteiger charge is 2.47. The summed E-state index contributed by atoms with van der Waals surface area (Å²) in [7, 11) is 0. The van der Waals surface area contributed by atoms with Crippen molar-refractivity contribution < 1.29 is 5.11 Å². The van der Waals surface area contributed by atoms with Crippen molar-refractivity contribution in [2.45, 2.75) is 39.7 Å². The molecule has 1 N–H and O–H groups in total. The summed E-state index contributed by atoms with van der Waals surface area (Å²) < 4.78 is 0. The lowest BCUT2D eigenvalue weighted by Crippen LogP contribution is -2.34. The molecule has 0 bridgehead atoms. The summed E-state index contributed by atoms with van der Waals surface area (Å²) in [6.45, 7) is 8.35. The van der Waals surface area contributed by atoms with E-state index in [2.05, 4.69) is 20.8 Å². The zero-order chi connectivity index (χ0) is 7.94. The second-order valence-corrected chi connectivity index (χ2v) is 4.20. The maximum atomic E-state index is 9.90. The topological polar surface area (TPSA) is 20.2 Å². The van der Waals surface area contributed by atoms with E-state index in [0.29, 0.717) is 11.8 Å². The number of hydrogen-bond acceptors (Lipinski definition) is 1. The van der Waals surface area contributed by atoms with Gasteiger partial charge in [-0.15, -0.1) is 0 Å². The molecule has 1 fully saturated rings. The van der Waals surface area contributed by atoms with E-state index in [1.807, 2.05) is 6.92 Å². The van der Waals surface area contributed by atoms with Crippen molar-refractivity contribution >= 4 is 0 Å². The van der Waals surface area contributed by atoms with E-state index in [-0.39, 0.29) is 0 Å². The van der Waals surface area contributed by atoms with Crippen LogP contribution in [0, 0.1) is 17.8 Å². The molecule has 1 rings (SSSR count). The summed E-state index contributed by atoms with van der Waals surface area (Å²) in [6, 6.07) is 0. The summed E-state index contributed by atoms with van der Waals surface area (Å²) in [4.78, 5) is 0. The molecular weight excluding hydrogens is 124 g/mol. The molecule has 1 heteroatoms. The van der Waals surface area contributed by atoms with E-state index in [1.54, 1.807) is 0 Å². The lowest BCUT2D eigenvalue weighted by molar-refractivity contribution is -0.0121. The van der Waals surface area contributed by atoms with Crippen LogP contribution in [0.3, 0.4) is 0 Å². The van der Waals surface area contributed by atoms with Gasteiger partial charge in [-0.05, 0) is 31.1 Å². The Kier molecular flexibility index (Phi) is 1.80. The maximum absolute atomic E-state index is 9.90. The standard InChI is InChI=1S/C9H18O/c1-6(2)9(4,10)8-5-7(8)3/h6-8,10H,5H2,1-4H3. The molecule has 60 valence electrons. The van der Waals surface area contributed by atoms with Crippen LogP contribution in [0.2, 0.25) is 0 Å². The Morgan fingerprint density at radius 3 is 2.00 bits per heavy atom. The summed E-state index contributed by atoms with van der Waals surface area (Å²) in [5.74, 6) is 1.70. The lowest BCUT2D eigenvalue weighted by atomic mass is 9.87. The minimum Gasteiger partial charge on any atom is -0.390 e. The number of aliphatic hydroxyl groups is 1. The van der Waals surface area contributed by atoms with Crippen molar-refractivity contribution in [2.24, 2.45) is 17.8 Å². The molecule has 1 aliphatic carbocycles. The van der Waals surface area contributed by atoms with E-state index >= 15 is 0 Å². The fraction of sp³-hybridized carbons (Fsp3) is 1.00. The van der Waals surface area contributed by atoms with Crippen molar-refractivity contribution in [1.82, 2.24) is 0 Å². The van der Waals surface area contributed by atoms with Gasteiger partial charge in [-0.25, -0.2) is 0 Å². The highest BCUT2D eigenvalue weighted by Crippen LogP contribution is 2.48. The third-order valence-corrected chi connectivity index (χ3v) is 3.03. The van der Waals surface area contributed by atoms with Crippen LogP contribution in [-0.4, -0.2) is 10.7 Å². The van der Waals surface area contributed by atoms with Gasteiger partial charge >= 0.3 is 0 Å². The first-order valence-corrected chi connectivity index (χ1v) is 4.18. The minimum absolute atomic E-state index is 0.391. The molecule has 1 saturated carbocycles. The van der Waals surface area contributed by atoms with Crippen LogP contribution in [-0.2, 0) is 0 Å². The van der Waals surface area contributed by atoms with Crippen molar-refractivity contribution in [3.05, 3.63) is 0 Å². The largest absolute Gasteiger partial charge is 0.390 e. The SMILES string of the molecule is CC1CC1C(C)(O)C(C)C. The quantitative estimate of drug-likeness (QED) is 0.625. The highest BCUT2D eigenvalue weighted by atomic mass is 16.3. The fourth-order valence-electron chi connectivity index (χ4n) is 1.56. The van der Waals surface area contributed by atoms with Crippen LogP contribution in [0.15, 0.2) is 0 Å². The van der Waals surface area contributed by atoms with Crippen LogP contribution in [0.25, 0.3) is 0 Å². The molecule has 3 atom stereocenters. The third-order valence-electron chi connectivity index (χ3n) is 3.03. The van der Waals surface area contributed by atoms with E-state index in [4.69, 9.17) is 0 Å². The van der Waals surface area contributed by atoms with E-state index in [0.717, 1.165) is 5.92 Å². The van der Waals surface area contributed by atoms with Crippen LogP contribution < -0.4 is 0 Å². The molecule has 0 saturated heterocycles. The van der Waals surface area contributed by atoms with Gasteiger partial charge in [-0.2, -0.15) is 0 Å². The van der Waals surface area contributed by atoms with Crippen molar-refractivity contribution in [3.8, 4) is 0 Å². The van der Waals surface area contributed by atoms with Crippen LogP contribution >= 0.6 is 0 Å². The predicted molar refractivity (Wildman–Crippen MR) is 42.7 cm³/mol. The molecule has 0 aliphatic heterocycles. The number of rotatable bonds is 2. The summed E-state index contributed by atoms with van der Waals surface area (Å²) in [5, 5.41) is 9.90. The van der Waals surface area contributed by atoms with Crippen molar-refractivity contribution in [3.63, 3.8) is 0 Å². The van der Waals surface area contributed by atoms with Gasteiger partial charge in [0.15, 0.2) is 0 Å². The van der Waals surface area contributed by atoms with Gasteiger partial charge < -0.3 is 5.11 Å². The molecule has 0 aromatic carbocycles. The normalized spacial score (nSPS) is 37.8. The molecule has 1 nitrogen and oxygen atoms in total. The second kappa shape index (κ2) is 2.23. The molecule has 10 heavy (non-hydrogen) atoms. The Morgan fingerprint density at radius 2 is 1.90 bits per heavy atom. The summed E-state index contributed by atoms with van der Waals surface area (Å²) >= 11 is 0. The Bertz CT molecular complexity index is 127. The van der Waals surface area contributed by atoms with Gasteiger partial charge in [-0.1, -0.05) is 20.8 Å². The average molecular weight is 142 g/mol. The smallest absolute Gasteiger partial charge is 0.0673 e. The lowest BCUT2D eigenvalue weighted by Gasteiger charge is -2.27. The average Bonchev–Trinajstić information content (AvgIpc) is 2.46. The predicted octanol–water partition coefficient (Wildman–Crippen LogP) is 2.05. The summed E-state index contributed by atoms with van der Waals surface area (Å²) in [6.07, 6.45) is 1.21. The molecule has 0 heterocycles. The molecule has 0 aromatic rings. The maximum Gasteiger partial charge on any atom is 0.0673 e. The molecular formula is C9H18O. The first-order chi connectivity index (χ1) is 4.46. The van der Waals surface area contributed by atoms with Gasteiger partial charge in [0.05, 0.1) is 5.60 Å². The van der Waals surface area contributed by atoms with E-state index in [9.17, 15) is 5.11 Å². The monoisotopic (exact) mass is 142 g/mol. The van der Waals surface area contributed by atoms with Crippen LogP contribution in [0.4, 0.5) is 0 Å². The fourth-order valence-corrected chi connectivity index (χ4v) is 1.56. The van der Waals surface area contributed by atoms with Gasteiger partial charge in [0.1, 0.15) is 0 Å². The van der Waals surface area contributed by atoms with Gasteiger partial charge in [0, 0.05) is 0 Å². The van der Waals surface area contributed by atoms with Crippen molar-refractivity contribution in [1.29, 1.82) is 0 Å². The minimum atomic E-state index is -0.417. The molecule has 0 radical (unpaired) electrons. The first kappa shape index (κ1) is 8.06.